The van der Waals surface area contributed by atoms with Crippen molar-refractivity contribution in [3.8, 4) is 0 Å². The summed E-state index contributed by atoms with van der Waals surface area (Å²) in [4.78, 5) is 11.0. The maximum absolute atomic E-state index is 11.0. The molecule has 1 aromatic rings. The van der Waals surface area contributed by atoms with Gasteiger partial charge in [0.05, 0.1) is 6.26 Å². The molecule has 1 aliphatic carbocycles. The molecule has 2 nitrogen and oxygen atoms in total. The number of rotatable bonds is 2. The van der Waals surface area contributed by atoms with E-state index in [0.29, 0.717) is 11.7 Å². The van der Waals surface area contributed by atoms with Gasteiger partial charge in [0.15, 0.2) is 0 Å². The highest BCUT2D eigenvalue weighted by Gasteiger charge is 2.43. The number of carbonyl (C=O) groups excluding carboxylic acids is 1. The summed E-state index contributed by atoms with van der Waals surface area (Å²) in [5.41, 5.74) is 1.22. The zero-order valence-electron chi connectivity index (χ0n) is 7.33. The van der Waals surface area contributed by atoms with Crippen LogP contribution in [0.2, 0.25) is 0 Å². The monoisotopic (exact) mass is 164 g/mol. The number of ketones is 1. The highest BCUT2D eigenvalue weighted by molar-refractivity contribution is 5.82. The molecule has 2 rings (SSSR count). The quantitative estimate of drug-likeness (QED) is 0.671. The molecule has 0 N–H and O–H groups in total. The molecule has 2 atom stereocenters. The first-order valence-electron chi connectivity index (χ1n) is 4.24. The summed E-state index contributed by atoms with van der Waals surface area (Å²) in [6, 6.07) is 1.98. The maximum atomic E-state index is 11.0. The molecule has 0 bridgehead atoms. The van der Waals surface area contributed by atoms with E-state index in [1.54, 1.807) is 13.2 Å². The molecule has 1 heterocycles. The Kier molecular flexibility index (Phi) is 1.56. The Labute approximate surface area is 71.6 Å². The summed E-state index contributed by atoms with van der Waals surface area (Å²) in [5, 5.41) is 0. The van der Waals surface area contributed by atoms with Gasteiger partial charge in [0.25, 0.3) is 0 Å². The summed E-state index contributed by atoms with van der Waals surface area (Å²) in [5.74, 6) is 1.98. The van der Waals surface area contributed by atoms with Crippen LogP contribution in [-0.2, 0) is 4.79 Å². The SMILES string of the molecule is CC(=O)C1CC1c1ccoc1C. The second-order valence-electron chi connectivity index (χ2n) is 3.49. The molecule has 0 radical (unpaired) electrons. The summed E-state index contributed by atoms with van der Waals surface area (Å²) in [6.45, 7) is 3.62. The second-order valence-corrected chi connectivity index (χ2v) is 3.49. The van der Waals surface area contributed by atoms with Gasteiger partial charge >= 0.3 is 0 Å². The van der Waals surface area contributed by atoms with E-state index in [1.807, 2.05) is 13.0 Å². The van der Waals surface area contributed by atoms with Gasteiger partial charge in [-0.15, -0.1) is 0 Å². The van der Waals surface area contributed by atoms with Crippen molar-refractivity contribution in [2.45, 2.75) is 26.2 Å². The Morgan fingerprint density at radius 2 is 2.42 bits per heavy atom. The van der Waals surface area contributed by atoms with Crippen molar-refractivity contribution < 1.29 is 9.21 Å². The number of furan rings is 1. The van der Waals surface area contributed by atoms with Crippen LogP contribution in [0.4, 0.5) is 0 Å². The van der Waals surface area contributed by atoms with Gasteiger partial charge in [-0.1, -0.05) is 0 Å². The number of hydrogen-bond donors (Lipinski definition) is 0. The predicted octanol–water partition coefficient (Wildman–Crippen LogP) is 2.28. The highest BCUT2D eigenvalue weighted by Crippen LogP contribution is 2.49. The average molecular weight is 164 g/mol. The van der Waals surface area contributed by atoms with Crippen LogP contribution in [0, 0.1) is 12.8 Å². The van der Waals surface area contributed by atoms with Crippen LogP contribution in [-0.4, -0.2) is 5.78 Å². The van der Waals surface area contributed by atoms with Gasteiger partial charge in [0.2, 0.25) is 0 Å². The number of Topliss-reactive ketones (excluding diaryl/α,β-unsaturated/α-hetero) is 1. The molecule has 1 aromatic heterocycles. The first-order valence-corrected chi connectivity index (χ1v) is 4.24. The fourth-order valence-corrected chi connectivity index (χ4v) is 1.77. The van der Waals surface area contributed by atoms with Gasteiger partial charge in [0.1, 0.15) is 11.5 Å². The zero-order chi connectivity index (χ0) is 8.72. The average Bonchev–Trinajstić information content (AvgIpc) is 2.70. The lowest BCUT2D eigenvalue weighted by atomic mass is 10.1. The molecule has 0 aliphatic heterocycles. The van der Waals surface area contributed by atoms with Crippen molar-refractivity contribution in [2.75, 3.05) is 0 Å². The van der Waals surface area contributed by atoms with Crippen molar-refractivity contribution >= 4 is 5.78 Å². The fourth-order valence-electron chi connectivity index (χ4n) is 1.77. The van der Waals surface area contributed by atoms with Crippen LogP contribution in [0.25, 0.3) is 0 Å². The van der Waals surface area contributed by atoms with Crippen molar-refractivity contribution in [2.24, 2.45) is 5.92 Å². The molecule has 64 valence electrons. The topological polar surface area (TPSA) is 30.2 Å². The second kappa shape index (κ2) is 2.47. The van der Waals surface area contributed by atoms with Crippen LogP contribution in [0.15, 0.2) is 16.7 Å². The molecule has 0 aromatic carbocycles. The number of hydrogen-bond acceptors (Lipinski definition) is 2. The highest BCUT2D eigenvalue weighted by atomic mass is 16.3. The van der Waals surface area contributed by atoms with Crippen molar-refractivity contribution in [1.29, 1.82) is 0 Å². The molecule has 2 heteroatoms. The third-order valence-electron chi connectivity index (χ3n) is 2.61. The Morgan fingerprint density at radius 3 is 2.83 bits per heavy atom. The number of carbonyl (C=O) groups is 1. The Balaban J connectivity index is 2.15. The van der Waals surface area contributed by atoms with Gasteiger partial charge in [-0.2, -0.15) is 0 Å². The normalized spacial score (nSPS) is 27.2. The summed E-state index contributed by atoms with van der Waals surface area (Å²) < 4.78 is 5.18. The van der Waals surface area contributed by atoms with Crippen LogP contribution in [0.1, 0.15) is 30.6 Å². The van der Waals surface area contributed by atoms with Crippen molar-refractivity contribution in [3.05, 3.63) is 23.7 Å². The Morgan fingerprint density at radius 1 is 1.67 bits per heavy atom. The van der Waals surface area contributed by atoms with E-state index < -0.39 is 0 Å². The van der Waals surface area contributed by atoms with E-state index in [4.69, 9.17) is 4.42 Å². The van der Waals surface area contributed by atoms with E-state index in [9.17, 15) is 4.79 Å². The van der Waals surface area contributed by atoms with Gasteiger partial charge < -0.3 is 4.42 Å². The molecule has 1 saturated carbocycles. The first kappa shape index (κ1) is 7.59. The lowest BCUT2D eigenvalue weighted by Gasteiger charge is -1.93. The number of aryl methyl sites for hydroxylation is 1. The van der Waals surface area contributed by atoms with Crippen LogP contribution < -0.4 is 0 Å². The van der Waals surface area contributed by atoms with Gasteiger partial charge in [-0.3, -0.25) is 4.79 Å². The predicted molar refractivity (Wildman–Crippen MR) is 45.0 cm³/mol. The van der Waals surface area contributed by atoms with Crippen molar-refractivity contribution in [1.82, 2.24) is 0 Å². The third-order valence-corrected chi connectivity index (χ3v) is 2.61. The Hall–Kier alpha value is -1.05. The lowest BCUT2D eigenvalue weighted by Crippen LogP contribution is -1.94. The van der Waals surface area contributed by atoms with E-state index in [1.165, 1.54) is 5.56 Å². The molecule has 1 fully saturated rings. The van der Waals surface area contributed by atoms with Gasteiger partial charge in [-0.05, 0) is 37.8 Å². The Bertz CT molecular complexity index is 311. The smallest absolute Gasteiger partial charge is 0.133 e. The van der Waals surface area contributed by atoms with Crippen LogP contribution in [0.5, 0.6) is 0 Å². The van der Waals surface area contributed by atoms with E-state index in [-0.39, 0.29) is 5.92 Å². The minimum atomic E-state index is 0.265. The van der Waals surface area contributed by atoms with Crippen LogP contribution >= 0.6 is 0 Å². The van der Waals surface area contributed by atoms with Gasteiger partial charge in [-0.25, -0.2) is 0 Å². The molecule has 0 amide bonds. The minimum absolute atomic E-state index is 0.265. The molecule has 1 aliphatic rings. The maximum Gasteiger partial charge on any atom is 0.133 e. The largest absolute Gasteiger partial charge is 0.469 e. The summed E-state index contributed by atoms with van der Waals surface area (Å²) in [7, 11) is 0. The lowest BCUT2D eigenvalue weighted by molar-refractivity contribution is -0.118. The third kappa shape index (κ3) is 1.07. The molecule has 0 saturated heterocycles. The fraction of sp³-hybridized carbons (Fsp3) is 0.500. The molecule has 2 unspecified atom stereocenters. The standard InChI is InChI=1S/C10H12O2/c1-6(11)9-5-10(9)8-3-4-12-7(8)2/h3-4,9-10H,5H2,1-2H3. The van der Waals surface area contributed by atoms with E-state index in [2.05, 4.69) is 0 Å². The zero-order valence-corrected chi connectivity index (χ0v) is 7.33. The molecular formula is C10H12O2. The molecule has 0 spiro atoms. The first-order chi connectivity index (χ1) is 5.70. The van der Waals surface area contributed by atoms with Crippen LogP contribution in [0.3, 0.4) is 0 Å². The molecule has 12 heavy (non-hydrogen) atoms. The summed E-state index contributed by atoms with van der Waals surface area (Å²) >= 11 is 0. The van der Waals surface area contributed by atoms with E-state index >= 15 is 0 Å². The minimum Gasteiger partial charge on any atom is -0.469 e. The summed E-state index contributed by atoms with van der Waals surface area (Å²) in [6.07, 6.45) is 2.70. The van der Waals surface area contributed by atoms with Gasteiger partial charge in [0, 0.05) is 5.92 Å². The van der Waals surface area contributed by atoms with Crippen molar-refractivity contribution in [3.63, 3.8) is 0 Å². The molecular weight excluding hydrogens is 152 g/mol. The van der Waals surface area contributed by atoms with E-state index in [0.717, 1.165) is 12.2 Å².